The van der Waals surface area contributed by atoms with Gasteiger partial charge < -0.3 is 15.4 Å². The molecule has 0 bridgehead atoms. The molecule has 0 aliphatic carbocycles. The first-order valence-corrected chi connectivity index (χ1v) is 10.3. The van der Waals surface area contributed by atoms with E-state index in [9.17, 15) is 14.4 Å². The van der Waals surface area contributed by atoms with Gasteiger partial charge in [0.15, 0.2) is 0 Å². The number of aryl methyl sites for hydroxylation is 2. The van der Waals surface area contributed by atoms with Gasteiger partial charge in [-0.3, -0.25) is 9.69 Å². The third-order valence-electron chi connectivity index (χ3n) is 5.62. The van der Waals surface area contributed by atoms with Gasteiger partial charge in [0.05, 0.1) is 17.3 Å². The van der Waals surface area contributed by atoms with Crippen molar-refractivity contribution in [2.24, 2.45) is 0 Å². The first-order valence-electron chi connectivity index (χ1n) is 10.3. The molecule has 0 aromatic heterocycles. The van der Waals surface area contributed by atoms with Crippen molar-refractivity contribution in [1.29, 1.82) is 0 Å². The average Bonchev–Trinajstić information content (AvgIpc) is 3.14. The third-order valence-corrected chi connectivity index (χ3v) is 5.62. The van der Waals surface area contributed by atoms with Crippen LogP contribution < -0.4 is 10.6 Å². The van der Waals surface area contributed by atoms with Gasteiger partial charge in [-0.15, -0.1) is 0 Å². The zero-order valence-electron chi connectivity index (χ0n) is 17.6. The van der Waals surface area contributed by atoms with Crippen LogP contribution in [0.15, 0.2) is 59.8 Å². The highest BCUT2D eigenvalue weighted by Crippen LogP contribution is 2.36. The Morgan fingerprint density at radius 3 is 2.71 bits per heavy atom. The first-order chi connectivity index (χ1) is 14.9. The molecule has 2 N–H and O–H groups in total. The van der Waals surface area contributed by atoms with Crippen molar-refractivity contribution in [2.45, 2.75) is 26.3 Å². The highest BCUT2D eigenvalue weighted by molar-refractivity contribution is 5.98. The summed E-state index contributed by atoms with van der Waals surface area (Å²) in [6.45, 7) is 4.18. The summed E-state index contributed by atoms with van der Waals surface area (Å²) >= 11 is 0. The number of nitrogens with zero attached hydrogens (tertiary/aromatic N) is 1. The molecule has 0 spiro atoms. The average molecular weight is 419 g/mol. The summed E-state index contributed by atoms with van der Waals surface area (Å²) in [4.78, 5) is 39.2. The molecule has 0 unspecified atom stereocenters. The van der Waals surface area contributed by atoms with E-state index in [4.69, 9.17) is 4.74 Å². The van der Waals surface area contributed by atoms with Gasteiger partial charge in [-0.25, -0.2) is 9.59 Å². The van der Waals surface area contributed by atoms with Crippen molar-refractivity contribution in [3.63, 3.8) is 0 Å². The lowest BCUT2D eigenvalue weighted by Crippen LogP contribution is -2.50. The number of nitrogens with one attached hydrogen (secondary N) is 2. The predicted octanol–water partition coefficient (Wildman–Crippen LogP) is 2.54. The van der Waals surface area contributed by atoms with Crippen LogP contribution >= 0.6 is 0 Å². The smallest absolute Gasteiger partial charge is 0.338 e. The molecule has 1 atom stereocenters. The minimum atomic E-state index is -0.588. The van der Waals surface area contributed by atoms with E-state index >= 15 is 0 Å². The SMILES string of the molecule is Cc1ccc(C)c([C@H]2NC(=O)N(CC(=O)NCCc3ccccc3)C3=C2C(=O)OC3)c1. The summed E-state index contributed by atoms with van der Waals surface area (Å²) in [7, 11) is 0. The lowest BCUT2D eigenvalue weighted by atomic mass is 9.91. The standard InChI is InChI=1S/C24H25N3O4/c1-15-8-9-16(2)18(12-15)22-21-19(14-31-23(21)29)27(24(30)26-22)13-20(28)25-11-10-17-6-4-3-5-7-17/h3-9,12,22H,10-11,13-14H2,1-2H3,(H,25,28)(H,26,30)/t22-/m1/s1. The third kappa shape index (κ3) is 4.30. The molecule has 0 saturated carbocycles. The normalized spacial score (nSPS) is 17.9. The molecule has 7 nitrogen and oxygen atoms in total. The maximum atomic E-state index is 12.9. The van der Waals surface area contributed by atoms with Crippen LogP contribution in [0.3, 0.4) is 0 Å². The minimum absolute atomic E-state index is 0.0136. The van der Waals surface area contributed by atoms with E-state index in [1.54, 1.807) is 0 Å². The van der Waals surface area contributed by atoms with Gasteiger partial charge >= 0.3 is 12.0 Å². The molecule has 4 rings (SSSR count). The summed E-state index contributed by atoms with van der Waals surface area (Å²) in [5.41, 5.74) is 4.82. The molecule has 3 amide bonds. The van der Waals surface area contributed by atoms with Crippen LogP contribution in [0.2, 0.25) is 0 Å². The Kier molecular flexibility index (Phi) is 5.75. The molecule has 2 aromatic carbocycles. The number of urea groups is 1. The number of ether oxygens (including phenoxy) is 1. The summed E-state index contributed by atoms with van der Waals surface area (Å²) in [5, 5.41) is 5.73. The Morgan fingerprint density at radius 1 is 1.16 bits per heavy atom. The maximum absolute atomic E-state index is 12.9. The summed E-state index contributed by atoms with van der Waals surface area (Å²) in [6, 6.07) is 14.7. The fraction of sp³-hybridized carbons (Fsp3) is 0.292. The van der Waals surface area contributed by atoms with Crippen molar-refractivity contribution in [2.75, 3.05) is 19.7 Å². The van der Waals surface area contributed by atoms with Crippen LogP contribution in [0.4, 0.5) is 4.79 Å². The molecule has 160 valence electrons. The Balaban J connectivity index is 1.50. The Labute approximate surface area is 181 Å². The number of benzene rings is 2. The summed E-state index contributed by atoms with van der Waals surface area (Å²) in [6.07, 6.45) is 0.697. The zero-order valence-corrected chi connectivity index (χ0v) is 17.6. The number of hydrogen-bond donors (Lipinski definition) is 2. The quantitative estimate of drug-likeness (QED) is 0.705. The molecule has 2 aliphatic rings. The van der Waals surface area contributed by atoms with Crippen LogP contribution in [0, 0.1) is 13.8 Å². The Hall–Kier alpha value is -3.61. The molecule has 0 fully saturated rings. The topological polar surface area (TPSA) is 87.7 Å². The van der Waals surface area contributed by atoms with Crippen molar-refractivity contribution in [1.82, 2.24) is 15.5 Å². The van der Waals surface area contributed by atoms with Crippen LogP contribution in [0.5, 0.6) is 0 Å². The Bertz CT molecular complexity index is 1060. The predicted molar refractivity (Wildman–Crippen MR) is 115 cm³/mol. The van der Waals surface area contributed by atoms with Crippen molar-refractivity contribution < 1.29 is 19.1 Å². The number of rotatable bonds is 6. The molecule has 2 heterocycles. The number of cyclic esters (lactones) is 1. The highest BCUT2D eigenvalue weighted by Gasteiger charge is 2.43. The largest absolute Gasteiger partial charge is 0.456 e. The first kappa shape index (κ1) is 20.7. The fourth-order valence-corrected chi connectivity index (χ4v) is 3.97. The monoisotopic (exact) mass is 419 g/mol. The molecule has 2 aliphatic heterocycles. The second kappa shape index (κ2) is 8.63. The van der Waals surface area contributed by atoms with Gasteiger partial charge in [0.2, 0.25) is 5.91 Å². The van der Waals surface area contributed by atoms with Crippen LogP contribution in [0.1, 0.15) is 28.3 Å². The number of carbonyl (C=O) groups excluding carboxylic acids is 3. The van der Waals surface area contributed by atoms with Gasteiger partial charge in [0.25, 0.3) is 0 Å². The van der Waals surface area contributed by atoms with Gasteiger partial charge in [-0.05, 0) is 37.0 Å². The summed E-state index contributed by atoms with van der Waals surface area (Å²) < 4.78 is 5.24. The van der Waals surface area contributed by atoms with E-state index in [2.05, 4.69) is 10.6 Å². The molecule has 0 radical (unpaired) electrons. The van der Waals surface area contributed by atoms with E-state index < -0.39 is 18.0 Å². The molecular formula is C24H25N3O4. The van der Waals surface area contributed by atoms with Crippen LogP contribution in [-0.2, 0) is 20.7 Å². The van der Waals surface area contributed by atoms with Gasteiger partial charge in [-0.2, -0.15) is 0 Å². The number of carbonyl (C=O) groups is 3. The van der Waals surface area contributed by atoms with E-state index in [-0.39, 0.29) is 19.1 Å². The van der Waals surface area contributed by atoms with E-state index in [0.29, 0.717) is 24.2 Å². The zero-order chi connectivity index (χ0) is 22.0. The van der Waals surface area contributed by atoms with Crippen molar-refractivity contribution in [3.05, 3.63) is 82.1 Å². The molecule has 2 aromatic rings. The van der Waals surface area contributed by atoms with E-state index in [0.717, 1.165) is 22.3 Å². The molecule has 31 heavy (non-hydrogen) atoms. The van der Waals surface area contributed by atoms with Gasteiger partial charge in [0.1, 0.15) is 13.2 Å². The lowest BCUT2D eigenvalue weighted by molar-refractivity contribution is -0.136. The molecule has 0 saturated heterocycles. The molecule has 7 heteroatoms. The molecular weight excluding hydrogens is 394 g/mol. The summed E-state index contributed by atoms with van der Waals surface area (Å²) in [5.74, 6) is -0.752. The second-order valence-corrected chi connectivity index (χ2v) is 7.85. The minimum Gasteiger partial charge on any atom is -0.456 e. The number of esters is 1. The fourth-order valence-electron chi connectivity index (χ4n) is 3.97. The number of amides is 3. The van der Waals surface area contributed by atoms with Gasteiger partial charge in [0, 0.05) is 6.54 Å². The Morgan fingerprint density at radius 2 is 1.94 bits per heavy atom. The highest BCUT2D eigenvalue weighted by atomic mass is 16.5. The lowest BCUT2D eigenvalue weighted by Gasteiger charge is -2.33. The van der Waals surface area contributed by atoms with Crippen LogP contribution in [-0.4, -0.2) is 42.5 Å². The van der Waals surface area contributed by atoms with Crippen molar-refractivity contribution >= 4 is 17.9 Å². The second-order valence-electron chi connectivity index (χ2n) is 7.85. The maximum Gasteiger partial charge on any atom is 0.338 e. The number of hydrogen-bond acceptors (Lipinski definition) is 4. The van der Waals surface area contributed by atoms with E-state index in [1.165, 1.54) is 4.90 Å². The van der Waals surface area contributed by atoms with Gasteiger partial charge in [-0.1, -0.05) is 54.1 Å². The van der Waals surface area contributed by atoms with E-state index in [1.807, 2.05) is 62.4 Å². The van der Waals surface area contributed by atoms with Crippen LogP contribution in [0.25, 0.3) is 0 Å². The van der Waals surface area contributed by atoms with Crippen molar-refractivity contribution in [3.8, 4) is 0 Å².